The monoisotopic (exact) mass is 300 g/mol. The highest BCUT2D eigenvalue weighted by Crippen LogP contribution is 1.99. The smallest absolute Gasteiger partial charge is 0.326 e. The number of amides is 1. The van der Waals surface area contributed by atoms with Crippen LogP contribution in [0, 0.1) is 0 Å². The van der Waals surface area contributed by atoms with Crippen molar-refractivity contribution in [1.82, 2.24) is 15.3 Å². The van der Waals surface area contributed by atoms with Gasteiger partial charge in [-0.15, -0.1) is 0 Å². The van der Waals surface area contributed by atoms with Gasteiger partial charge in [0.15, 0.2) is 0 Å². The molecular weight excluding hydrogens is 280 g/mol. The molecule has 0 saturated carbocycles. The Balaban J connectivity index is 0.000000885. The molecule has 9 heteroatoms. The summed E-state index contributed by atoms with van der Waals surface area (Å²) in [6.07, 6.45) is 3.96. The molecule has 21 heavy (non-hydrogen) atoms. The number of hydrogen-bond acceptors (Lipinski definition) is 5. The topological polar surface area (TPSA) is 158 Å². The van der Waals surface area contributed by atoms with E-state index in [4.69, 9.17) is 20.7 Å². The first kappa shape index (κ1) is 18.6. The molecule has 0 aliphatic rings. The van der Waals surface area contributed by atoms with Gasteiger partial charge >= 0.3 is 5.97 Å². The average molecular weight is 300 g/mol. The summed E-state index contributed by atoms with van der Waals surface area (Å²) in [4.78, 5) is 37.9. The minimum Gasteiger partial charge on any atom is -0.481 e. The van der Waals surface area contributed by atoms with E-state index in [2.05, 4.69) is 15.3 Å². The summed E-state index contributed by atoms with van der Waals surface area (Å²) >= 11 is 0. The minimum absolute atomic E-state index is 0.184. The van der Waals surface area contributed by atoms with Gasteiger partial charge in [0.05, 0.1) is 6.33 Å². The largest absolute Gasteiger partial charge is 0.481 e. The fraction of sp³-hybridized carbons (Fsp3) is 0.500. The second-order valence-electron chi connectivity index (χ2n) is 4.15. The van der Waals surface area contributed by atoms with Crippen LogP contribution in [-0.4, -0.2) is 50.6 Å². The average Bonchev–Trinajstić information content (AvgIpc) is 2.87. The zero-order valence-corrected chi connectivity index (χ0v) is 11.7. The number of imidazole rings is 1. The second kappa shape index (κ2) is 10.4. The van der Waals surface area contributed by atoms with Crippen molar-refractivity contribution in [1.29, 1.82) is 0 Å². The van der Waals surface area contributed by atoms with Gasteiger partial charge < -0.3 is 26.2 Å². The third-order valence-corrected chi connectivity index (χ3v) is 2.22. The lowest BCUT2D eigenvalue weighted by Gasteiger charge is -2.13. The number of rotatable bonds is 7. The Kier molecular flexibility index (Phi) is 9.18. The molecule has 1 atom stereocenters. The van der Waals surface area contributed by atoms with Crippen LogP contribution in [-0.2, 0) is 20.8 Å². The Labute approximate surface area is 121 Å². The zero-order chi connectivity index (χ0) is 16.3. The van der Waals surface area contributed by atoms with E-state index in [0.29, 0.717) is 18.7 Å². The molecular formula is C12H20N4O5. The number of aliphatic carboxylic acids is 2. The third kappa shape index (κ3) is 10.1. The standard InChI is InChI=1S/C10H16N4O3.C2H4O2/c11-3-1-2-9(15)14-8(10(16)17)4-7-5-12-6-13-7;1-2(3)4/h5-6,8H,1-4,11H2,(H,12,13)(H,14,15)(H,16,17);1H3,(H,3,4)/t8-;/m0./s1. The molecule has 0 radical (unpaired) electrons. The van der Waals surface area contributed by atoms with E-state index in [1.165, 1.54) is 12.5 Å². The van der Waals surface area contributed by atoms with Gasteiger partial charge in [-0.2, -0.15) is 0 Å². The van der Waals surface area contributed by atoms with Crippen LogP contribution in [0.5, 0.6) is 0 Å². The fourth-order valence-electron chi connectivity index (χ4n) is 1.35. The highest BCUT2D eigenvalue weighted by molar-refractivity contribution is 5.83. The van der Waals surface area contributed by atoms with Crippen molar-refractivity contribution in [3.05, 3.63) is 18.2 Å². The molecule has 0 aliphatic heterocycles. The Morgan fingerprint density at radius 1 is 1.43 bits per heavy atom. The summed E-state index contributed by atoms with van der Waals surface area (Å²) in [6, 6.07) is -0.944. The van der Waals surface area contributed by atoms with Crippen molar-refractivity contribution in [2.45, 2.75) is 32.2 Å². The highest BCUT2D eigenvalue weighted by Gasteiger charge is 2.20. The summed E-state index contributed by atoms with van der Waals surface area (Å²) in [5, 5.41) is 18.8. The van der Waals surface area contributed by atoms with Gasteiger partial charge in [-0.25, -0.2) is 9.78 Å². The molecule has 1 aromatic heterocycles. The van der Waals surface area contributed by atoms with E-state index in [1.807, 2.05) is 0 Å². The fourth-order valence-corrected chi connectivity index (χ4v) is 1.35. The van der Waals surface area contributed by atoms with Gasteiger partial charge in [-0.05, 0) is 13.0 Å². The van der Waals surface area contributed by atoms with Crippen LogP contribution in [0.2, 0.25) is 0 Å². The molecule has 0 aromatic carbocycles. The van der Waals surface area contributed by atoms with Crippen molar-refractivity contribution >= 4 is 17.8 Å². The van der Waals surface area contributed by atoms with E-state index in [0.717, 1.165) is 6.92 Å². The lowest BCUT2D eigenvalue weighted by atomic mass is 10.1. The number of nitrogens with one attached hydrogen (secondary N) is 2. The van der Waals surface area contributed by atoms with Crippen LogP contribution in [0.25, 0.3) is 0 Å². The SMILES string of the molecule is CC(=O)O.NCCCC(=O)N[C@@H](Cc1cnc[nH]1)C(=O)O. The molecule has 0 unspecified atom stereocenters. The lowest BCUT2D eigenvalue weighted by Crippen LogP contribution is -2.42. The first-order valence-corrected chi connectivity index (χ1v) is 6.25. The number of carbonyl (C=O) groups excluding carboxylic acids is 1. The Morgan fingerprint density at radius 2 is 2.05 bits per heavy atom. The van der Waals surface area contributed by atoms with Crippen LogP contribution < -0.4 is 11.1 Å². The van der Waals surface area contributed by atoms with Crippen LogP contribution in [0.1, 0.15) is 25.5 Å². The lowest BCUT2D eigenvalue weighted by molar-refractivity contribution is -0.141. The summed E-state index contributed by atoms with van der Waals surface area (Å²) in [6.45, 7) is 1.49. The molecule has 1 rings (SSSR count). The summed E-state index contributed by atoms with van der Waals surface area (Å²) in [5.74, 6) is -2.21. The Bertz CT molecular complexity index is 443. The number of nitrogens with zero attached hydrogens (tertiary/aromatic N) is 1. The number of nitrogens with two attached hydrogens (primary N) is 1. The zero-order valence-electron chi connectivity index (χ0n) is 11.7. The first-order chi connectivity index (χ1) is 9.86. The van der Waals surface area contributed by atoms with Crippen LogP contribution in [0.15, 0.2) is 12.5 Å². The molecule has 6 N–H and O–H groups in total. The molecule has 118 valence electrons. The van der Waals surface area contributed by atoms with Crippen LogP contribution in [0.4, 0.5) is 0 Å². The van der Waals surface area contributed by atoms with E-state index in [1.54, 1.807) is 0 Å². The normalized spacial score (nSPS) is 11.0. The van der Waals surface area contributed by atoms with Crippen molar-refractivity contribution in [3.63, 3.8) is 0 Å². The predicted octanol–water partition coefficient (Wildman–Crippen LogP) is -0.649. The van der Waals surface area contributed by atoms with Crippen molar-refractivity contribution in [3.8, 4) is 0 Å². The number of carboxylic acid groups (broad SMARTS) is 2. The predicted molar refractivity (Wildman–Crippen MR) is 73.5 cm³/mol. The molecule has 0 aliphatic carbocycles. The maximum Gasteiger partial charge on any atom is 0.326 e. The first-order valence-electron chi connectivity index (χ1n) is 6.25. The summed E-state index contributed by atoms with van der Waals surface area (Å²) in [5.41, 5.74) is 5.93. The van der Waals surface area contributed by atoms with E-state index in [9.17, 15) is 9.59 Å². The van der Waals surface area contributed by atoms with E-state index in [-0.39, 0.29) is 18.7 Å². The van der Waals surface area contributed by atoms with Gasteiger partial charge in [0.25, 0.3) is 5.97 Å². The maximum absolute atomic E-state index is 11.4. The number of carboxylic acids is 2. The maximum atomic E-state index is 11.4. The molecule has 9 nitrogen and oxygen atoms in total. The van der Waals surface area contributed by atoms with Gasteiger partial charge in [-0.1, -0.05) is 0 Å². The second-order valence-corrected chi connectivity index (χ2v) is 4.15. The van der Waals surface area contributed by atoms with Gasteiger partial charge in [0, 0.05) is 31.7 Å². The van der Waals surface area contributed by atoms with Gasteiger partial charge in [-0.3, -0.25) is 9.59 Å². The third-order valence-electron chi connectivity index (χ3n) is 2.22. The molecule has 0 spiro atoms. The van der Waals surface area contributed by atoms with Crippen LogP contribution >= 0.6 is 0 Å². The number of H-pyrrole nitrogens is 1. The minimum atomic E-state index is -1.07. The Morgan fingerprint density at radius 3 is 2.48 bits per heavy atom. The quantitative estimate of drug-likeness (QED) is 0.447. The molecule has 1 heterocycles. The number of hydrogen-bond donors (Lipinski definition) is 5. The van der Waals surface area contributed by atoms with E-state index < -0.39 is 18.0 Å². The van der Waals surface area contributed by atoms with Crippen molar-refractivity contribution < 1.29 is 24.6 Å². The van der Waals surface area contributed by atoms with E-state index >= 15 is 0 Å². The van der Waals surface area contributed by atoms with Crippen molar-refractivity contribution in [2.24, 2.45) is 5.73 Å². The number of carbonyl (C=O) groups is 3. The van der Waals surface area contributed by atoms with Gasteiger partial charge in [0.1, 0.15) is 6.04 Å². The summed E-state index contributed by atoms with van der Waals surface area (Å²) < 4.78 is 0. The molecule has 1 aromatic rings. The molecule has 0 fully saturated rings. The Hall–Kier alpha value is -2.42. The molecule has 1 amide bonds. The number of aromatic nitrogens is 2. The summed E-state index contributed by atoms with van der Waals surface area (Å²) in [7, 11) is 0. The number of aromatic amines is 1. The molecule has 0 saturated heterocycles. The molecule has 0 bridgehead atoms. The van der Waals surface area contributed by atoms with Crippen LogP contribution in [0.3, 0.4) is 0 Å². The van der Waals surface area contributed by atoms with Crippen molar-refractivity contribution in [2.75, 3.05) is 6.54 Å². The highest BCUT2D eigenvalue weighted by atomic mass is 16.4. The van der Waals surface area contributed by atoms with Gasteiger partial charge in [0.2, 0.25) is 5.91 Å².